The summed E-state index contributed by atoms with van der Waals surface area (Å²) >= 11 is 3.43. The van der Waals surface area contributed by atoms with E-state index in [-0.39, 0.29) is 4.32 Å². The number of allylic oxidation sites excluding steroid dienone is 1. The largest absolute Gasteiger partial charge is 0.362 e. The van der Waals surface area contributed by atoms with E-state index in [0.29, 0.717) is 21.8 Å². The zero-order valence-electron chi connectivity index (χ0n) is 8.73. The average molecular weight is 308 g/mol. The van der Waals surface area contributed by atoms with Crippen LogP contribution in [-0.4, -0.2) is 23.1 Å². The van der Waals surface area contributed by atoms with Crippen LogP contribution in [0.15, 0.2) is 15.4 Å². The molecule has 0 amide bonds. The average Bonchev–Trinajstić information content (AvgIpc) is 2.41. The van der Waals surface area contributed by atoms with Gasteiger partial charge in [-0.1, -0.05) is 26.2 Å². The van der Waals surface area contributed by atoms with Crippen molar-refractivity contribution in [3.05, 3.63) is 27.8 Å². The number of halogens is 1. The fourth-order valence-electron chi connectivity index (χ4n) is 1.62. The van der Waals surface area contributed by atoms with Crippen molar-refractivity contribution >= 4 is 32.0 Å². The smallest absolute Gasteiger partial charge is 0.321 e. The molecule has 5 nitrogen and oxygen atoms in total. The quantitative estimate of drug-likeness (QED) is 0.725. The summed E-state index contributed by atoms with van der Waals surface area (Å²) in [4.78, 5) is 11.5. The SMILES string of the molecule is CC1(Br)C=Cc2c(c(=O)on2S(C)(=O)=O)C1. The minimum Gasteiger partial charge on any atom is -0.321 e. The van der Waals surface area contributed by atoms with Gasteiger partial charge in [-0.25, -0.2) is 13.2 Å². The van der Waals surface area contributed by atoms with Crippen molar-refractivity contribution in [3.63, 3.8) is 0 Å². The Bertz CT molecular complexity index is 620. The zero-order chi connectivity index (χ0) is 12.1. The molecule has 88 valence electrons. The Morgan fingerprint density at radius 3 is 2.75 bits per heavy atom. The number of hydrogen-bond acceptors (Lipinski definition) is 4. The van der Waals surface area contributed by atoms with Gasteiger partial charge in [0.05, 0.1) is 11.8 Å². The lowest BCUT2D eigenvalue weighted by Crippen LogP contribution is -2.23. The van der Waals surface area contributed by atoms with Gasteiger partial charge in [0.2, 0.25) is 0 Å². The molecular formula is C9H10BrNO4S. The number of aromatic nitrogens is 1. The predicted molar refractivity (Wildman–Crippen MR) is 63.3 cm³/mol. The highest BCUT2D eigenvalue weighted by atomic mass is 79.9. The minimum atomic E-state index is -3.58. The molecule has 1 aliphatic rings. The van der Waals surface area contributed by atoms with Crippen LogP contribution in [0.4, 0.5) is 0 Å². The van der Waals surface area contributed by atoms with E-state index in [9.17, 15) is 13.2 Å². The third-order valence-electron chi connectivity index (χ3n) is 2.33. The van der Waals surface area contributed by atoms with Crippen molar-refractivity contribution in [2.75, 3.05) is 6.26 Å². The maximum absolute atomic E-state index is 11.5. The van der Waals surface area contributed by atoms with Gasteiger partial charge in [-0.3, -0.25) is 0 Å². The van der Waals surface area contributed by atoms with Gasteiger partial charge in [0.15, 0.2) is 0 Å². The number of rotatable bonds is 1. The maximum atomic E-state index is 11.5. The molecule has 1 heterocycles. The van der Waals surface area contributed by atoms with Gasteiger partial charge in [0, 0.05) is 10.7 Å². The van der Waals surface area contributed by atoms with Gasteiger partial charge < -0.3 is 4.52 Å². The molecule has 1 unspecified atom stereocenters. The van der Waals surface area contributed by atoms with E-state index in [0.717, 1.165) is 6.26 Å². The molecule has 0 N–H and O–H groups in total. The summed E-state index contributed by atoms with van der Waals surface area (Å²) in [6.45, 7) is 1.89. The van der Waals surface area contributed by atoms with Crippen molar-refractivity contribution in [3.8, 4) is 0 Å². The van der Waals surface area contributed by atoms with Crippen molar-refractivity contribution < 1.29 is 12.9 Å². The van der Waals surface area contributed by atoms with Crippen LogP contribution >= 0.6 is 15.9 Å². The first kappa shape index (κ1) is 11.7. The molecule has 1 atom stereocenters. The molecular weight excluding hydrogens is 298 g/mol. The van der Waals surface area contributed by atoms with Crippen LogP contribution in [0, 0.1) is 0 Å². The number of fused-ring (bicyclic) bond motifs is 1. The number of nitrogens with zero attached hydrogens (tertiary/aromatic N) is 1. The van der Waals surface area contributed by atoms with Crippen molar-refractivity contribution in [2.45, 2.75) is 17.7 Å². The molecule has 0 spiro atoms. The topological polar surface area (TPSA) is 69.3 Å². The highest BCUT2D eigenvalue weighted by Gasteiger charge is 2.30. The molecule has 2 rings (SSSR count). The van der Waals surface area contributed by atoms with Gasteiger partial charge in [0.25, 0.3) is 10.0 Å². The van der Waals surface area contributed by atoms with E-state index in [1.807, 2.05) is 6.92 Å². The first-order valence-electron chi connectivity index (χ1n) is 4.55. The molecule has 1 aromatic rings. The molecule has 1 aliphatic carbocycles. The Morgan fingerprint density at radius 1 is 1.56 bits per heavy atom. The lowest BCUT2D eigenvalue weighted by atomic mass is 9.95. The highest BCUT2D eigenvalue weighted by molar-refractivity contribution is 9.10. The third-order valence-corrected chi connectivity index (χ3v) is 3.75. The van der Waals surface area contributed by atoms with Crippen molar-refractivity contribution in [2.24, 2.45) is 0 Å². The Hall–Kier alpha value is -0.820. The first-order chi connectivity index (χ1) is 7.21. The minimum absolute atomic E-state index is 0.310. The fourth-order valence-corrected chi connectivity index (χ4v) is 2.77. The second-order valence-corrected chi connectivity index (χ2v) is 7.63. The van der Waals surface area contributed by atoms with E-state index < -0.39 is 15.6 Å². The van der Waals surface area contributed by atoms with E-state index in [4.69, 9.17) is 4.52 Å². The summed E-state index contributed by atoms with van der Waals surface area (Å²) in [7, 11) is -3.58. The number of alkyl halides is 1. The molecule has 0 bridgehead atoms. The summed E-state index contributed by atoms with van der Waals surface area (Å²) in [5, 5.41) is 0. The maximum Gasteiger partial charge on any atom is 0.362 e. The fraction of sp³-hybridized carbons (Fsp3) is 0.444. The van der Waals surface area contributed by atoms with Gasteiger partial charge in [-0.05, 0) is 13.0 Å². The summed E-state index contributed by atoms with van der Waals surface area (Å²) in [5.74, 6) is 0. The molecule has 0 saturated carbocycles. The van der Waals surface area contributed by atoms with Crippen LogP contribution in [0.25, 0.3) is 6.08 Å². The van der Waals surface area contributed by atoms with Crippen LogP contribution in [-0.2, 0) is 16.4 Å². The molecule has 1 aromatic heterocycles. The van der Waals surface area contributed by atoms with Crippen molar-refractivity contribution in [1.82, 2.24) is 4.15 Å². The van der Waals surface area contributed by atoms with Gasteiger partial charge >= 0.3 is 5.63 Å². The van der Waals surface area contributed by atoms with E-state index in [1.165, 1.54) is 0 Å². The van der Waals surface area contributed by atoms with E-state index in [2.05, 4.69) is 15.9 Å². The molecule has 0 aliphatic heterocycles. The molecule has 7 heteroatoms. The van der Waals surface area contributed by atoms with Gasteiger partial charge in [-0.15, -0.1) is 0 Å². The van der Waals surface area contributed by atoms with Crippen molar-refractivity contribution in [1.29, 1.82) is 0 Å². The summed E-state index contributed by atoms with van der Waals surface area (Å²) in [6.07, 6.45) is 4.78. The van der Waals surface area contributed by atoms with Crippen LogP contribution in [0.3, 0.4) is 0 Å². The standard InChI is InChI=1S/C9H10BrNO4S/c1-9(10)4-3-7-6(5-9)8(12)15-11(7)16(2,13)14/h3-4H,5H2,1-2H3. The molecule has 0 radical (unpaired) electrons. The Balaban J connectivity index is 2.71. The Labute approximate surface area is 101 Å². The monoisotopic (exact) mass is 307 g/mol. The van der Waals surface area contributed by atoms with Crippen LogP contribution in [0.5, 0.6) is 0 Å². The molecule has 0 saturated heterocycles. The summed E-state index contributed by atoms with van der Waals surface area (Å²) in [6, 6.07) is 0. The summed E-state index contributed by atoms with van der Waals surface area (Å²) in [5.41, 5.74) is 0.0900. The van der Waals surface area contributed by atoms with E-state index >= 15 is 0 Å². The second kappa shape index (κ2) is 3.33. The normalized spacial score (nSPS) is 24.4. The van der Waals surface area contributed by atoms with Crippen LogP contribution < -0.4 is 5.63 Å². The van der Waals surface area contributed by atoms with E-state index in [1.54, 1.807) is 12.2 Å². The second-order valence-electron chi connectivity index (χ2n) is 4.02. The van der Waals surface area contributed by atoms with Crippen LogP contribution in [0.2, 0.25) is 0 Å². The summed E-state index contributed by atoms with van der Waals surface area (Å²) < 4.78 is 27.8. The van der Waals surface area contributed by atoms with Gasteiger partial charge in [0.1, 0.15) is 5.69 Å². The Kier molecular flexibility index (Phi) is 2.43. The Morgan fingerprint density at radius 2 is 2.19 bits per heavy atom. The van der Waals surface area contributed by atoms with Gasteiger partial charge in [-0.2, -0.15) is 0 Å². The third kappa shape index (κ3) is 1.89. The lowest BCUT2D eigenvalue weighted by molar-refractivity contribution is 0.342. The lowest BCUT2D eigenvalue weighted by Gasteiger charge is -2.20. The highest BCUT2D eigenvalue weighted by Crippen LogP contribution is 2.31. The predicted octanol–water partition coefficient (Wildman–Crippen LogP) is 0.972. The zero-order valence-corrected chi connectivity index (χ0v) is 11.1. The molecule has 0 fully saturated rings. The van der Waals surface area contributed by atoms with Crippen LogP contribution in [0.1, 0.15) is 18.2 Å². The molecule has 0 aromatic carbocycles. The first-order valence-corrected chi connectivity index (χ1v) is 7.19. The number of hydrogen-bond donors (Lipinski definition) is 0. The molecule has 16 heavy (non-hydrogen) atoms.